The Bertz CT molecular complexity index is 1090. The van der Waals surface area contributed by atoms with Crippen molar-refractivity contribution in [3.05, 3.63) is 70.5 Å². The second kappa shape index (κ2) is 9.76. The molecule has 0 radical (unpaired) electrons. The van der Waals surface area contributed by atoms with Crippen molar-refractivity contribution < 1.29 is 14.0 Å². The average Bonchev–Trinajstić information content (AvgIpc) is 3.36. The number of nitrogens with one attached hydrogen (secondary N) is 1. The van der Waals surface area contributed by atoms with E-state index in [-0.39, 0.29) is 24.1 Å². The molecule has 0 aliphatic carbocycles. The number of carbonyl (C=O) groups excluding carboxylic acids is 2. The van der Waals surface area contributed by atoms with Crippen LogP contribution in [0, 0.1) is 11.7 Å². The third kappa shape index (κ3) is 5.61. The van der Waals surface area contributed by atoms with Crippen LogP contribution in [-0.4, -0.2) is 33.5 Å². The summed E-state index contributed by atoms with van der Waals surface area (Å²) < 4.78 is 13.7. The van der Waals surface area contributed by atoms with Crippen molar-refractivity contribution in [2.45, 2.75) is 23.1 Å². The Kier molecular flexibility index (Phi) is 6.84. The van der Waals surface area contributed by atoms with E-state index in [0.717, 1.165) is 11.1 Å². The van der Waals surface area contributed by atoms with Gasteiger partial charge in [0.25, 0.3) is 0 Å². The topological polar surface area (TPSA) is 75.2 Å². The summed E-state index contributed by atoms with van der Waals surface area (Å²) in [6.45, 7) is 0.714. The van der Waals surface area contributed by atoms with Crippen LogP contribution in [-0.2, 0) is 21.9 Å². The molecule has 2 heterocycles. The summed E-state index contributed by atoms with van der Waals surface area (Å²) in [6.07, 6.45) is 0.154. The molecule has 1 aromatic heterocycles. The Hall–Kier alpha value is -2.49. The predicted molar refractivity (Wildman–Crippen MR) is 119 cm³/mol. The monoisotopic (exact) mass is 476 g/mol. The molecule has 1 unspecified atom stereocenters. The number of carbonyl (C=O) groups is 2. The van der Waals surface area contributed by atoms with Gasteiger partial charge in [0.1, 0.15) is 5.82 Å². The molecule has 1 aliphatic rings. The third-order valence-corrected chi connectivity index (χ3v) is 7.23. The number of halogens is 2. The molecule has 1 aliphatic heterocycles. The van der Waals surface area contributed by atoms with Crippen LogP contribution >= 0.6 is 34.7 Å². The van der Waals surface area contributed by atoms with Gasteiger partial charge in [-0.2, -0.15) is 0 Å². The van der Waals surface area contributed by atoms with Gasteiger partial charge in [-0.1, -0.05) is 65.0 Å². The first kappa shape index (κ1) is 21.7. The second-order valence-electron chi connectivity index (χ2n) is 7.04. The molecular formula is C21H18ClFN4O2S2. The van der Waals surface area contributed by atoms with E-state index in [1.807, 2.05) is 18.2 Å². The lowest BCUT2D eigenvalue weighted by Gasteiger charge is -2.17. The van der Waals surface area contributed by atoms with Gasteiger partial charge < -0.3 is 10.2 Å². The molecular weight excluding hydrogens is 459 g/mol. The van der Waals surface area contributed by atoms with E-state index < -0.39 is 5.92 Å². The van der Waals surface area contributed by atoms with E-state index in [1.54, 1.807) is 23.1 Å². The van der Waals surface area contributed by atoms with Crippen molar-refractivity contribution in [2.24, 2.45) is 5.92 Å². The molecule has 31 heavy (non-hydrogen) atoms. The Balaban J connectivity index is 1.30. The van der Waals surface area contributed by atoms with E-state index in [4.69, 9.17) is 11.6 Å². The Morgan fingerprint density at radius 3 is 2.77 bits per heavy atom. The standard InChI is InChI=1S/C21H18ClFN4O2S2/c22-17-4-2-1-3-14(17)10-27-11-15(9-18(27)28)19(29)24-20-25-26-21(31-20)30-12-13-5-7-16(23)8-6-13/h1-8,15H,9-12H2,(H,24,25,29). The lowest BCUT2D eigenvalue weighted by Crippen LogP contribution is -2.28. The van der Waals surface area contributed by atoms with E-state index in [2.05, 4.69) is 15.5 Å². The zero-order chi connectivity index (χ0) is 21.8. The van der Waals surface area contributed by atoms with E-state index in [1.165, 1.54) is 35.2 Å². The van der Waals surface area contributed by atoms with Gasteiger partial charge in [0.15, 0.2) is 4.34 Å². The van der Waals surface area contributed by atoms with Crippen LogP contribution in [0.2, 0.25) is 5.02 Å². The maximum atomic E-state index is 13.0. The number of likely N-dealkylation sites (tertiary alicyclic amines) is 1. The Labute approximate surface area is 191 Å². The molecule has 1 atom stereocenters. The number of aromatic nitrogens is 2. The van der Waals surface area contributed by atoms with Gasteiger partial charge >= 0.3 is 0 Å². The third-order valence-electron chi connectivity index (χ3n) is 4.82. The van der Waals surface area contributed by atoms with Gasteiger partial charge in [0.2, 0.25) is 16.9 Å². The summed E-state index contributed by atoms with van der Waals surface area (Å²) in [7, 11) is 0. The summed E-state index contributed by atoms with van der Waals surface area (Å²) in [6, 6.07) is 13.6. The second-order valence-corrected chi connectivity index (χ2v) is 9.65. The predicted octanol–water partition coefficient (Wildman–Crippen LogP) is 4.61. The lowest BCUT2D eigenvalue weighted by molar-refractivity contribution is -0.128. The molecule has 6 nitrogen and oxygen atoms in total. The quantitative estimate of drug-likeness (QED) is 0.398. The number of nitrogens with zero attached hydrogens (tertiary/aromatic N) is 3. The van der Waals surface area contributed by atoms with Crippen molar-refractivity contribution in [1.82, 2.24) is 15.1 Å². The molecule has 10 heteroatoms. The van der Waals surface area contributed by atoms with Crippen molar-refractivity contribution in [3.8, 4) is 0 Å². The highest BCUT2D eigenvalue weighted by molar-refractivity contribution is 8.00. The minimum absolute atomic E-state index is 0.0760. The van der Waals surface area contributed by atoms with Crippen molar-refractivity contribution in [3.63, 3.8) is 0 Å². The molecule has 0 saturated carbocycles. The molecule has 0 spiro atoms. The molecule has 2 aromatic carbocycles. The van der Waals surface area contributed by atoms with Gasteiger partial charge in [-0.05, 0) is 29.3 Å². The number of amides is 2. The molecule has 1 saturated heterocycles. The summed E-state index contributed by atoms with van der Waals surface area (Å²) >= 11 is 8.91. The lowest BCUT2D eigenvalue weighted by atomic mass is 10.1. The van der Waals surface area contributed by atoms with Crippen molar-refractivity contribution in [1.29, 1.82) is 0 Å². The normalized spacial score (nSPS) is 16.0. The van der Waals surface area contributed by atoms with E-state index in [9.17, 15) is 14.0 Å². The van der Waals surface area contributed by atoms with E-state index >= 15 is 0 Å². The van der Waals surface area contributed by atoms with Crippen molar-refractivity contribution in [2.75, 3.05) is 11.9 Å². The van der Waals surface area contributed by atoms with Gasteiger partial charge in [-0.25, -0.2) is 4.39 Å². The van der Waals surface area contributed by atoms with Crippen LogP contribution in [0.15, 0.2) is 52.9 Å². The zero-order valence-corrected chi connectivity index (χ0v) is 18.6. The summed E-state index contributed by atoms with van der Waals surface area (Å²) in [4.78, 5) is 26.6. The first-order chi connectivity index (χ1) is 15.0. The first-order valence-corrected chi connectivity index (χ1v) is 11.7. The Morgan fingerprint density at radius 2 is 2.00 bits per heavy atom. The summed E-state index contributed by atoms with van der Waals surface area (Å²) in [5, 5.41) is 11.8. The number of thioether (sulfide) groups is 1. The van der Waals surface area contributed by atoms with Crippen LogP contribution in [0.1, 0.15) is 17.5 Å². The van der Waals surface area contributed by atoms with Gasteiger partial charge in [-0.15, -0.1) is 10.2 Å². The zero-order valence-electron chi connectivity index (χ0n) is 16.3. The minimum Gasteiger partial charge on any atom is -0.337 e. The number of benzene rings is 2. The number of hydrogen-bond donors (Lipinski definition) is 1. The van der Waals surface area contributed by atoms with Crippen molar-refractivity contribution >= 4 is 51.6 Å². The molecule has 4 rings (SSSR count). The Morgan fingerprint density at radius 1 is 1.23 bits per heavy atom. The highest BCUT2D eigenvalue weighted by Gasteiger charge is 2.34. The van der Waals surface area contributed by atoms with Crippen LogP contribution in [0.4, 0.5) is 9.52 Å². The fraction of sp³-hybridized carbons (Fsp3) is 0.238. The van der Waals surface area contributed by atoms with Crippen LogP contribution < -0.4 is 5.32 Å². The molecule has 1 fully saturated rings. The molecule has 0 bridgehead atoms. The number of anilines is 1. The smallest absolute Gasteiger partial charge is 0.231 e. The van der Waals surface area contributed by atoms with Gasteiger partial charge in [0.05, 0.1) is 5.92 Å². The highest BCUT2D eigenvalue weighted by atomic mass is 35.5. The maximum absolute atomic E-state index is 13.0. The molecule has 3 aromatic rings. The van der Waals surface area contributed by atoms with Gasteiger partial charge in [-0.3, -0.25) is 9.59 Å². The largest absolute Gasteiger partial charge is 0.337 e. The van der Waals surface area contributed by atoms with E-state index in [0.29, 0.717) is 33.3 Å². The number of hydrogen-bond acceptors (Lipinski definition) is 6. The SMILES string of the molecule is O=C(Nc1nnc(SCc2ccc(F)cc2)s1)C1CC(=O)N(Cc2ccccc2Cl)C1. The molecule has 160 valence electrons. The number of rotatable bonds is 7. The fourth-order valence-electron chi connectivity index (χ4n) is 3.18. The molecule has 1 N–H and O–H groups in total. The first-order valence-electron chi connectivity index (χ1n) is 9.51. The average molecular weight is 477 g/mol. The summed E-state index contributed by atoms with van der Waals surface area (Å²) in [5.41, 5.74) is 1.82. The summed E-state index contributed by atoms with van der Waals surface area (Å²) in [5.74, 6) is -0.425. The van der Waals surface area contributed by atoms with Crippen LogP contribution in [0.5, 0.6) is 0 Å². The fourth-order valence-corrected chi connectivity index (χ4v) is 5.09. The van der Waals surface area contributed by atoms with Gasteiger partial charge in [0, 0.05) is 30.3 Å². The maximum Gasteiger partial charge on any atom is 0.231 e. The highest BCUT2D eigenvalue weighted by Crippen LogP contribution is 2.29. The van der Waals surface area contributed by atoms with Crippen LogP contribution in [0.25, 0.3) is 0 Å². The van der Waals surface area contributed by atoms with Crippen LogP contribution in [0.3, 0.4) is 0 Å². The molecule has 2 amide bonds. The minimum atomic E-state index is -0.450.